The van der Waals surface area contributed by atoms with Crippen molar-refractivity contribution >= 4 is 10.8 Å². The van der Waals surface area contributed by atoms with Gasteiger partial charge in [0.1, 0.15) is 5.75 Å². The molecule has 0 aromatic heterocycles. The van der Waals surface area contributed by atoms with Crippen molar-refractivity contribution in [1.82, 2.24) is 10.2 Å². The predicted octanol–water partition coefficient (Wildman–Crippen LogP) is 3.68. The first-order valence-electron chi connectivity index (χ1n) is 8.45. The van der Waals surface area contributed by atoms with E-state index >= 15 is 0 Å². The Morgan fingerprint density at radius 3 is 2.59 bits per heavy atom. The molecule has 0 spiro atoms. The Kier molecular flexibility index (Phi) is 4.96. The van der Waals surface area contributed by atoms with E-state index in [1.54, 1.807) is 6.07 Å². The van der Waals surface area contributed by atoms with Gasteiger partial charge in [0.05, 0.1) is 0 Å². The first-order chi connectivity index (χ1) is 10.8. The summed E-state index contributed by atoms with van der Waals surface area (Å²) in [6, 6.07) is 12.8. The number of aromatic hydroxyl groups is 1. The standard InChI is InChI=1S/C19H26N2O/c1-2-3-4-19(21-11-9-20-10-12-21)17-6-5-16-14-18(22)8-7-15(16)13-17/h5-8,13-14,19-20,22H,2-4,9-12H2,1H3/t19-/m1/s1. The van der Waals surface area contributed by atoms with Gasteiger partial charge in [0.15, 0.2) is 0 Å². The molecule has 22 heavy (non-hydrogen) atoms. The van der Waals surface area contributed by atoms with Crippen LogP contribution in [0, 0.1) is 0 Å². The Hall–Kier alpha value is -1.58. The molecule has 0 aliphatic carbocycles. The summed E-state index contributed by atoms with van der Waals surface area (Å²) < 4.78 is 0. The van der Waals surface area contributed by atoms with E-state index in [0.29, 0.717) is 11.8 Å². The van der Waals surface area contributed by atoms with Gasteiger partial charge in [0, 0.05) is 32.2 Å². The van der Waals surface area contributed by atoms with Crippen LogP contribution in [-0.4, -0.2) is 36.2 Å². The van der Waals surface area contributed by atoms with E-state index in [0.717, 1.165) is 31.6 Å². The molecule has 2 N–H and O–H groups in total. The van der Waals surface area contributed by atoms with Gasteiger partial charge in [0.25, 0.3) is 0 Å². The SMILES string of the molecule is CCCC[C@H](c1ccc2cc(O)ccc2c1)N1CCNCC1. The van der Waals surface area contributed by atoms with Crippen LogP contribution in [-0.2, 0) is 0 Å². The van der Waals surface area contributed by atoms with Crippen LogP contribution >= 0.6 is 0 Å². The third-order valence-electron chi connectivity index (χ3n) is 4.66. The Bertz CT molecular complexity index is 620. The number of piperazine rings is 1. The van der Waals surface area contributed by atoms with Crippen LogP contribution in [0.1, 0.15) is 37.8 Å². The molecular formula is C19H26N2O. The summed E-state index contributed by atoms with van der Waals surface area (Å²) in [5.41, 5.74) is 1.41. The first-order valence-corrected chi connectivity index (χ1v) is 8.45. The van der Waals surface area contributed by atoms with E-state index in [-0.39, 0.29) is 0 Å². The minimum Gasteiger partial charge on any atom is -0.508 e. The Balaban J connectivity index is 1.90. The van der Waals surface area contributed by atoms with Gasteiger partial charge in [-0.2, -0.15) is 0 Å². The van der Waals surface area contributed by atoms with E-state index in [1.165, 1.54) is 30.2 Å². The van der Waals surface area contributed by atoms with Crippen molar-refractivity contribution in [3.8, 4) is 5.75 Å². The average Bonchev–Trinajstić information content (AvgIpc) is 2.56. The summed E-state index contributed by atoms with van der Waals surface area (Å²) in [5.74, 6) is 0.338. The van der Waals surface area contributed by atoms with Crippen LogP contribution in [0.5, 0.6) is 5.75 Å². The maximum absolute atomic E-state index is 9.61. The number of phenolic OH excluding ortho intramolecular Hbond substituents is 1. The van der Waals surface area contributed by atoms with Gasteiger partial charge in [0.2, 0.25) is 0 Å². The summed E-state index contributed by atoms with van der Waals surface area (Å²) in [4.78, 5) is 2.62. The fourth-order valence-electron chi connectivity index (χ4n) is 3.41. The molecule has 0 radical (unpaired) electrons. The van der Waals surface area contributed by atoms with Crippen LogP contribution < -0.4 is 5.32 Å². The number of rotatable bonds is 5. The fraction of sp³-hybridized carbons (Fsp3) is 0.474. The molecule has 0 amide bonds. The maximum atomic E-state index is 9.61. The number of nitrogens with zero attached hydrogens (tertiary/aromatic N) is 1. The number of hydrogen-bond donors (Lipinski definition) is 2. The van der Waals surface area contributed by atoms with Gasteiger partial charge in [-0.15, -0.1) is 0 Å². The van der Waals surface area contributed by atoms with Crippen molar-refractivity contribution in [3.63, 3.8) is 0 Å². The molecule has 0 unspecified atom stereocenters. The van der Waals surface area contributed by atoms with Gasteiger partial charge in [-0.1, -0.05) is 38.0 Å². The number of hydrogen-bond acceptors (Lipinski definition) is 3. The molecule has 1 aliphatic rings. The lowest BCUT2D eigenvalue weighted by atomic mass is 9.96. The van der Waals surface area contributed by atoms with Gasteiger partial charge in [-0.05, 0) is 41.0 Å². The molecule has 118 valence electrons. The molecule has 1 fully saturated rings. The molecule has 1 saturated heterocycles. The van der Waals surface area contributed by atoms with E-state index in [2.05, 4.69) is 35.3 Å². The molecule has 0 bridgehead atoms. The lowest BCUT2D eigenvalue weighted by Crippen LogP contribution is -2.45. The largest absolute Gasteiger partial charge is 0.508 e. The van der Waals surface area contributed by atoms with E-state index in [4.69, 9.17) is 0 Å². The van der Waals surface area contributed by atoms with Crippen LogP contribution in [0.15, 0.2) is 36.4 Å². The van der Waals surface area contributed by atoms with E-state index < -0.39 is 0 Å². The first kappa shape index (κ1) is 15.3. The van der Waals surface area contributed by atoms with Gasteiger partial charge < -0.3 is 10.4 Å². The normalized spacial score (nSPS) is 17.7. The zero-order valence-electron chi connectivity index (χ0n) is 13.4. The second-order valence-corrected chi connectivity index (χ2v) is 6.23. The fourth-order valence-corrected chi connectivity index (χ4v) is 3.41. The molecule has 2 aromatic rings. The van der Waals surface area contributed by atoms with Crippen molar-refractivity contribution in [2.24, 2.45) is 0 Å². The minimum absolute atomic E-state index is 0.338. The summed E-state index contributed by atoms with van der Waals surface area (Å²) in [7, 11) is 0. The third kappa shape index (κ3) is 3.42. The van der Waals surface area contributed by atoms with Crippen molar-refractivity contribution in [2.45, 2.75) is 32.2 Å². The molecule has 3 heteroatoms. The summed E-state index contributed by atoms with van der Waals surface area (Å²) in [6.07, 6.45) is 3.73. The lowest BCUT2D eigenvalue weighted by molar-refractivity contribution is 0.163. The number of fused-ring (bicyclic) bond motifs is 1. The molecule has 3 nitrogen and oxygen atoms in total. The molecule has 1 aliphatic heterocycles. The second-order valence-electron chi connectivity index (χ2n) is 6.23. The summed E-state index contributed by atoms with van der Waals surface area (Å²) in [6.45, 7) is 6.69. The Morgan fingerprint density at radius 1 is 1.09 bits per heavy atom. The zero-order valence-corrected chi connectivity index (χ0v) is 13.4. The zero-order chi connectivity index (χ0) is 15.4. The third-order valence-corrected chi connectivity index (χ3v) is 4.66. The van der Waals surface area contributed by atoms with Crippen LogP contribution in [0.2, 0.25) is 0 Å². The van der Waals surface area contributed by atoms with E-state index in [1.807, 2.05) is 12.1 Å². The smallest absolute Gasteiger partial charge is 0.116 e. The molecule has 1 heterocycles. The van der Waals surface area contributed by atoms with Crippen LogP contribution in [0.4, 0.5) is 0 Å². The highest BCUT2D eigenvalue weighted by molar-refractivity contribution is 5.84. The summed E-state index contributed by atoms with van der Waals surface area (Å²) >= 11 is 0. The second kappa shape index (κ2) is 7.12. The molecular weight excluding hydrogens is 272 g/mol. The van der Waals surface area contributed by atoms with Crippen molar-refractivity contribution in [2.75, 3.05) is 26.2 Å². The van der Waals surface area contributed by atoms with Crippen LogP contribution in [0.3, 0.4) is 0 Å². The average molecular weight is 298 g/mol. The topological polar surface area (TPSA) is 35.5 Å². The Morgan fingerprint density at radius 2 is 1.82 bits per heavy atom. The molecule has 3 rings (SSSR count). The van der Waals surface area contributed by atoms with Gasteiger partial charge in [-0.3, -0.25) is 4.90 Å². The van der Waals surface area contributed by atoms with Gasteiger partial charge in [-0.25, -0.2) is 0 Å². The minimum atomic E-state index is 0.338. The number of phenols is 1. The monoisotopic (exact) mass is 298 g/mol. The number of nitrogens with one attached hydrogen (secondary N) is 1. The number of unbranched alkanes of at least 4 members (excludes halogenated alkanes) is 1. The highest BCUT2D eigenvalue weighted by atomic mass is 16.3. The molecule has 2 aromatic carbocycles. The highest BCUT2D eigenvalue weighted by Crippen LogP contribution is 2.30. The quantitative estimate of drug-likeness (QED) is 0.884. The number of benzene rings is 2. The van der Waals surface area contributed by atoms with Gasteiger partial charge >= 0.3 is 0 Å². The highest BCUT2D eigenvalue weighted by Gasteiger charge is 2.21. The molecule has 0 saturated carbocycles. The van der Waals surface area contributed by atoms with Crippen molar-refractivity contribution in [3.05, 3.63) is 42.0 Å². The van der Waals surface area contributed by atoms with Crippen molar-refractivity contribution in [1.29, 1.82) is 0 Å². The van der Waals surface area contributed by atoms with Crippen molar-refractivity contribution < 1.29 is 5.11 Å². The lowest BCUT2D eigenvalue weighted by Gasteiger charge is -2.35. The summed E-state index contributed by atoms with van der Waals surface area (Å²) in [5, 5.41) is 15.4. The predicted molar refractivity (Wildman–Crippen MR) is 92.3 cm³/mol. The maximum Gasteiger partial charge on any atom is 0.116 e. The van der Waals surface area contributed by atoms with E-state index in [9.17, 15) is 5.11 Å². The van der Waals surface area contributed by atoms with Crippen LogP contribution in [0.25, 0.3) is 10.8 Å². The Labute approximate surface area is 132 Å². The molecule has 1 atom stereocenters.